The number of morpholine rings is 1. The molecule has 3 aromatic rings. The lowest BCUT2D eigenvalue weighted by molar-refractivity contribution is -0.0231. The van der Waals surface area contributed by atoms with Crippen molar-refractivity contribution in [1.82, 2.24) is 14.5 Å². The highest BCUT2D eigenvalue weighted by atomic mass is 19.1. The van der Waals surface area contributed by atoms with Crippen LogP contribution in [0.5, 0.6) is 0 Å². The van der Waals surface area contributed by atoms with Crippen molar-refractivity contribution >= 4 is 16.8 Å². The molecule has 2 aromatic heterocycles. The molecule has 1 saturated heterocycles. The van der Waals surface area contributed by atoms with Crippen molar-refractivity contribution in [3.63, 3.8) is 0 Å². The molecule has 3 heterocycles. The molecule has 0 spiro atoms. The number of hydrogen-bond acceptors (Lipinski definition) is 3. The van der Waals surface area contributed by atoms with Crippen molar-refractivity contribution in [2.45, 2.75) is 6.10 Å². The van der Waals surface area contributed by atoms with Crippen molar-refractivity contribution in [3.8, 4) is 0 Å². The number of aromatic nitrogens is 2. The molecule has 4 rings (SSSR count). The molecule has 25 heavy (non-hydrogen) atoms. The van der Waals surface area contributed by atoms with Gasteiger partial charge in [0.25, 0.3) is 5.91 Å². The SMILES string of the molecule is Cn1c(C(=O)N2CCO[C@@H](c3ccncc3)C2)cc2cc(F)ccc21. The van der Waals surface area contributed by atoms with Crippen LogP contribution in [0.3, 0.4) is 0 Å². The van der Waals surface area contributed by atoms with E-state index in [1.165, 1.54) is 12.1 Å². The monoisotopic (exact) mass is 339 g/mol. The van der Waals surface area contributed by atoms with Crippen molar-refractivity contribution < 1.29 is 13.9 Å². The van der Waals surface area contributed by atoms with Gasteiger partial charge in [-0.15, -0.1) is 0 Å². The number of nitrogens with zero attached hydrogens (tertiary/aromatic N) is 3. The van der Waals surface area contributed by atoms with Crippen LogP contribution in [0.2, 0.25) is 0 Å². The Morgan fingerprint density at radius 1 is 1.24 bits per heavy atom. The Balaban J connectivity index is 1.61. The van der Waals surface area contributed by atoms with E-state index in [-0.39, 0.29) is 17.8 Å². The predicted octanol–water partition coefficient (Wildman–Crippen LogP) is 2.93. The first-order valence-electron chi connectivity index (χ1n) is 8.19. The van der Waals surface area contributed by atoms with E-state index < -0.39 is 0 Å². The van der Waals surface area contributed by atoms with Crippen LogP contribution in [-0.2, 0) is 11.8 Å². The van der Waals surface area contributed by atoms with E-state index in [4.69, 9.17) is 4.74 Å². The van der Waals surface area contributed by atoms with Gasteiger partial charge in [0.05, 0.1) is 13.2 Å². The van der Waals surface area contributed by atoms with E-state index in [1.54, 1.807) is 29.4 Å². The zero-order valence-electron chi connectivity index (χ0n) is 13.9. The summed E-state index contributed by atoms with van der Waals surface area (Å²) >= 11 is 0. The third-order valence-electron chi connectivity index (χ3n) is 4.66. The third kappa shape index (κ3) is 2.89. The molecular formula is C19H18FN3O2. The highest BCUT2D eigenvalue weighted by Crippen LogP contribution is 2.25. The number of pyridine rings is 1. The van der Waals surface area contributed by atoms with Crippen LogP contribution in [0.25, 0.3) is 10.9 Å². The second-order valence-corrected chi connectivity index (χ2v) is 6.18. The lowest BCUT2D eigenvalue weighted by Crippen LogP contribution is -2.42. The molecule has 0 bridgehead atoms. The molecule has 1 aromatic carbocycles. The summed E-state index contributed by atoms with van der Waals surface area (Å²) in [6, 6.07) is 10.1. The summed E-state index contributed by atoms with van der Waals surface area (Å²) in [6.45, 7) is 1.51. The molecule has 1 atom stereocenters. The molecule has 6 heteroatoms. The number of halogens is 1. The maximum atomic E-state index is 13.4. The first kappa shape index (κ1) is 15.8. The van der Waals surface area contributed by atoms with Gasteiger partial charge in [0.15, 0.2) is 0 Å². The van der Waals surface area contributed by atoms with E-state index in [0.29, 0.717) is 25.4 Å². The number of carbonyl (C=O) groups excluding carboxylic acids is 1. The molecule has 0 unspecified atom stereocenters. The topological polar surface area (TPSA) is 47.4 Å². The van der Waals surface area contributed by atoms with E-state index in [9.17, 15) is 9.18 Å². The fraction of sp³-hybridized carbons (Fsp3) is 0.263. The summed E-state index contributed by atoms with van der Waals surface area (Å²) in [5, 5.41) is 0.727. The van der Waals surface area contributed by atoms with Gasteiger partial charge in [-0.25, -0.2) is 4.39 Å². The summed E-state index contributed by atoms with van der Waals surface area (Å²) in [5.41, 5.74) is 2.39. The first-order valence-corrected chi connectivity index (χ1v) is 8.19. The summed E-state index contributed by atoms with van der Waals surface area (Å²) in [6.07, 6.45) is 3.28. The van der Waals surface area contributed by atoms with E-state index >= 15 is 0 Å². The van der Waals surface area contributed by atoms with Crippen LogP contribution in [0.4, 0.5) is 4.39 Å². The summed E-state index contributed by atoms with van der Waals surface area (Å²) < 4.78 is 21.1. The molecule has 1 aliphatic heterocycles. The Kier molecular flexibility index (Phi) is 3.97. The fourth-order valence-corrected chi connectivity index (χ4v) is 3.30. The number of rotatable bonds is 2. The molecule has 128 valence electrons. The predicted molar refractivity (Wildman–Crippen MR) is 91.7 cm³/mol. The maximum Gasteiger partial charge on any atom is 0.270 e. The zero-order valence-corrected chi connectivity index (χ0v) is 13.9. The molecule has 5 nitrogen and oxygen atoms in total. The smallest absolute Gasteiger partial charge is 0.270 e. The number of ether oxygens (including phenoxy) is 1. The van der Waals surface area contributed by atoms with Gasteiger partial charge in [-0.05, 0) is 42.0 Å². The Morgan fingerprint density at radius 3 is 2.84 bits per heavy atom. The van der Waals surface area contributed by atoms with Gasteiger partial charge in [0.1, 0.15) is 17.6 Å². The van der Waals surface area contributed by atoms with Crippen LogP contribution < -0.4 is 0 Å². The minimum absolute atomic E-state index is 0.0681. The van der Waals surface area contributed by atoms with Gasteiger partial charge in [-0.2, -0.15) is 0 Å². The molecule has 0 saturated carbocycles. The largest absolute Gasteiger partial charge is 0.370 e. The molecule has 0 N–H and O–H groups in total. The van der Waals surface area contributed by atoms with Gasteiger partial charge in [-0.3, -0.25) is 9.78 Å². The molecule has 0 radical (unpaired) electrons. The minimum atomic E-state index is -0.304. The van der Waals surface area contributed by atoms with Gasteiger partial charge in [0.2, 0.25) is 0 Å². The van der Waals surface area contributed by atoms with Crippen LogP contribution in [0.15, 0.2) is 48.8 Å². The number of carbonyl (C=O) groups is 1. The zero-order chi connectivity index (χ0) is 17.4. The van der Waals surface area contributed by atoms with Gasteiger partial charge < -0.3 is 14.2 Å². The van der Waals surface area contributed by atoms with Crippen LogP contribution in [-0.4, -0.2) is 40.1 Å². The Labute approximate surface area is 144 Å². The average molecular weight is 339 g/mol. The van der Waals surface area contributed by atoms with Gasteiger partial charge in [0, 0.05) is 36.9 Å². The number of hydrogen-bond donors (Lipinski definition) is 0. The first-order chi connectivity index (χ1) is 12.1. The second kappa shape index (κ2) is 6.29. The normalized spacial score (nSPS) is 17.8. The number of amides is 1. The average Bonchev–Trinajstić information content (AvgIpc) is 2.98. The van der Waals surface area contributed by atoms with E-state index in [2.05, 4.69) is 4.98 Å². The van der Waals surface area contributed by atoms with Crippen molar-refractivity contribution in [2.75, 3.05) is 19.7 Å². The highest BCUT2D eigenvalue weighted by molar-refractivity contribution is 5.98. The van der Waals surface area contributed by atoms with E-state index in [1.807, 2.05) is 23.7 Å². The standard InChI is InChI=1S/C19H18FN3O2/c1-22-16-3-2-15(20)10-14(16)11-17(22)19(24)23-8-9-25-18(12-23)13-4-6-21-7-5-13/h2-7,10-11,18H,8-9,12H2,1H3/t18-/m1/s1. The Bertz CT molecular complexity index is 923. The van der Waals surface area contributed by atoms with Crippen molar-refractivity contribution in [1.29, 1.82) is 0 Å². The summed E-state index contributed by atoms with van der Waals surface area (Å²) in [7, 11) is 1.83. The molecule has 1 amide bonds. The molecule has 0 aliphatic carbocycles. The van der Waals surface area contributed by atoms with Gasteiger partial charge in [-0.1, -0.05) is 0 Å². The van der Waals surface area contributed by atoms with Crippen LogP contribution in [0.1, 0.15) is 22.2 Å². The maximum absolute atomic E-state index is 13.4. The van der Waals surface area contributed by atoms with Crippen molar-refractivity contribution in [3.05, 3.63) is 65.9 Å². The molecule has 1 aliphatic rings. The molecular weight excluding hydrogens is 321 g/mol. The minimum Gasteiger partial charge on any atom is -0.370 e. The highest BCUT2D eigenvalue weighted by Gasteiger charge is 2.27. The fourth-order valence-electron chi connectivity index (χ4n) is 3.30. The quantitative estimate of drug-likeness (QED) is 0.721. The number of aryl methyl sites for hydroxylation is 1. The van der Waals surface area contributed by atoms with Crippen molar-refractivity contribution in [2.24, 2.45) is 7.05 Å². The Morgan fingerprint density at radius 2 is 2.04 bits per heavy atom. The third-order valence-corrected chi connectivity index (χ3v) is 4.66. The summed E-state index contributed by atoms with van der Waals surface area (Å²) in [4.78, 5) is 18.8. The number of fused-ring (bicyclic) bond motifs is 1. The lowest BCUT2D eigenvalue weighted by Gasteiger charge is -2.33. The van der Waals surface area contributed by atoms with Crippen LogP contribution >= 0.6 is 0 Å². The molecule has 1 fully saturated rings. The number of benzene rings is 1. The van der Waals surface area contributed by atoms with Crippen LogP contribution in [0, 0.1) is 5.82 Å². The van der Waals surface area contributed by atoms with E-state index in [0.717, 1.165) is 16.5 Å². The van der Waals surface area contributed by atoms with Gasteiger partial charge >= 0.3 is 0 Å². The second-order valence-electron chi connectivity index (χ2n) is 6.18. The Hall–Kier alpha value is -2.73. The summed E-state index contributed by atoms with van der Waals surface area (Å²) in [5.74, 6) is -0.373. The lowest BCUT2D eigenvalue weighted by atomic mass is 10.1.